The molecule has 4 aromatic rings. The maximum atomic E-state index is 13.3. The van der Waals surface area contributed by atoms with Gasteiger partial charge >= 0.3 is 6.09 Å². The molecule has 0 atom stereocenters. The number of nitrogens with zero attached hydrogens (tertiary/aromatic N) is 2. The van der Waals surface area contributed by atoms with Gasteiger partial charge in [0.05, 0.1) is 12.2 Å². The molecule has 0 fully saturated rings. The smallest absolute Gasteiger partial charge is 0.407 e. The Bertz CT molecular complexity index is 1110. The number of benzene rings is 2. The van der Waals surface area contributed by atoms with Crippen LogP contribution < -0.4 is 5.32 Å². The predicted molar refractivity (Wildman–Crippen MR) is 111 cm³/mol. The van der Waals surface area contributed by atoms with Crippen LogP contribution in [-0.2, 0) is 17.9 Å². The minimum atomic E-state index is -0.530. The van der Waals surface area contributed by atoms with E-state index in [1.807, 2.05) is 42.5 Å². The van der Waals surface area contributed by atoms with Crippen LogP contribution in [-0.4, -0.2) is 21.3 Å². The first-order valence-corrected chi connectivity index (χ1v) is 9.39. The third kappa shape index (κ3) is 4.52. The van der Waals surface area contributed by atoms with E-state index in [9.17, 15) is 9.18 Å². The lowest BCUT2D eigenvalue weighted by Crippen LogP contribution is -2.24. The Morgan fingerprint density at radius 2 is 1.70 bits per heavy atom. The molecule has 0 aliphatic carbocycles. The summed E-state index contributed by atoms with van der Waals surface area (Å²) in [7, 11) is 0. The quantitative estimate of drug-likeness (QED) is 0.490. The molecule has 6 nitrogen and oxygen atoms in total. The van der Waals surface area contributed by atoms with E-state index in [0.717, 1.165) is 22.3 Å². The van der Waals surface area contributed by atoms with Crippen LogP contribution in [0.3, 0.4) is 0 Å². The van der Waals surface area contributed by atoms with E-state index >= 15 is 0 Å². The summed E-state index contributed by atoms with van der Waals surface area (Å²) in [6.45, 7) is 0.382. The first-order chi connectivity index (χ1) is 14.7. The number of aromatic amines is 1. The summed E-state index contributed by atoms with van der Waals surface area (Å²) in [6.07, 6.45) is 2.84. The molecule has 0 spiro atoms. The van der Waals surface area contributed by atoms with Gasteiger partial charge in [-0.05, 0) is 47.5 Å². The Balaban J connectivity index is 1.53. The first kappa shape index (κ1) is 19.3. The summed E-state index contributed by atoms with van der Waals surface area (Å²) in [6, 6.07) is 19.3. The van der Waals surface area contributed by atoms with Crippen LogP contribution in [0.5, 0.6) is 0 Å². The zero-order valence-corrected chi connectivity index (χ0v) is 16.0. The van der Waals surface area contributed by atoms with Crippen molar-refractivity contribution in [3.63, 3.8) is 0 Å². The van der Waals surface area contributed by atoms with Crippen LogP contribution in [0.1, 0.15) is 11.3 Å². The van der Waals surface area contributed by atoms with E-state index in [-0.39, 0.29) is 19.0 Å². The molecule has 0 unspecified atom stereocenters. The van der Waals surface area contributed by atoms with Crippen molar-refractivity contribution in [2.75, 3.05) is 0 Å². The van der Waals surface area contributed by atoms with Gasteiger partial charge in [-0.2, -0.15) is 5.10 Å². The van der Waals surface area contributed by atoms with Gasteiger partial charge in [0.2, 0.25) is 0 Å². The van der Waals surface area contributed by atoms with E-state index in [2.05, 4.69) is 20.5 Å². The number of nitrogens with one attached hydrogen (secondary N) is 2. The number of aromatic nitrogens is 3. The Morgan fingerprint density at radius 1 is 0.967 bits per heavy atom. The van der Waals surface area contributed by atoms with E-state index in [0.29, 0.717) is 11.4 Å². The molecule has 0 radical (unpaired) electrons. The average Bonchev–Trinajstić information content (AvgIpc) is 3.22. The standard InChI is InChI=1S/C23H19FN4O2/c24-19-8-6-18(7-9-19)22-21(17-10-12-25-13-11-17)20(27-28-22)14-26-23(29)30-15-16-4-2-1-3-5-16/h1-13H,14-15H2,(H,26,29)(H,27,28). The highest BCUT2D eigenvalue weighted by Crippen LogP contribution is 2.33. The molecule has 0 saturated heterocycles. The molecule has 0 bridgehead atoms. The van der Waals surface area contributed by atoms with Crippen molar-refractivity contribution in [1.29, 1.82) is 0 Å². The number of pyridine rings is 1. The summed E-state index contributed by atoms with van der Waals surface area (Å²) in [5, 5.41) is 10.1. The molecule has 7 heteroatoms. The van der Waals surface area contributed by atoms with E-state index in [4.69, 9.17) is 4.74 Å². The first-order valence-electron chi connectivity index (χ1n) is 9.39. The highest BCUT2D eigenvalue weighted by atomic mass is 19.1. The van der Waals surface area contributed by atoms with Gasteiger partial charge < -0.3 is 10.1 Å². The molecule has 30 heavy (non-hydrogen) atoms. The van der Waals surface area contributed by atoms with Gasteiger partial charge in [-0.3, -0.25) is 10.1 Å². The lowest BCUT2D eigenvalue weighted by molar-refractivity contribution is 0.139. The zero-order chi connectivity index (χ0) is 20.8. The Labute approximate surface area is 172 Å². The van der Waals surface area contributed by atoms with Gasteiger partial charge in [0.1, 0.15) is 18.1 Å². The Kier molecular flexibility index (Phi) is 5.80. The molecular weight excluding hydrogens is 383 g/mol. The summed E-state index contributed by atoms with van der Waals surface area (Å²) in [4.78, 5) is 16.2. The fraction of sp³-hybridized carbons (Fsp3) is 0.0870. The number of carbonyl (C=O) groups is 1. The number of rotatable bonds is 6. The van der Waals surface area contributed by atoms with E-state index in [1.165, 1.54) is 12.1 Å². The Morgan fingerprint density at radius 3 is 2.43 bits per heavy atom. The van der Waals surface area contributed by atoms with Gasteiger partial charge in [-0.25, -0.2) is 9.18 Å². The highest BCUT2D eigenvalue weighted by molar-refractivity contribution is 5.82. The minimum absolute atomic E-state index is 0.188. The van der Waals surface area contributed by atoms with Crippen molar-refractivity contribution >= 4 is 6.09 Å². The predicted octanol–water partition coefficient (Wildman–Crippen LogP) is 4.70. The molecule has 0 saturated carbocycles. The third-order valence-electron chi connectivity index (χ3n) is 4.55. The maximum Gasteiger partial charge on any atom is 0.407 e. The van der Waals surface area contributed by atoms with Crippen molar-refractivity contribution in [3.05, 3.63) is 96.2 Å². The average molecular weight is 402 g/mol. The van der Waals surface area contributed by atoms with E-state index < -0.39 is 6.09 Å². The molecular formula is C23H19FN4O2. The number of halogens is 1. The summed E-state index contributed by atoms with van der Waals surface area (Å²) in [5.74, 6) is -0.317. The Hall–Kier alpha value is -4.00. The number of carbonyl (C=O) groups excluding carboxylic acids is 1. The largest absolute Gasteiger partial charge is 0.445 e. The molecule has 150 valence electrons. The molecule has 2 N–H and O–H groups in total. The minimum Gasteiger partial charge on any atom is -0.445 e. The third-order valence-corrected chi connectivity index (χ3v) is 4.55. The van der Waals surface area contributed by atoms with Crippen molar-refractivity contribution < 1.29 is 13.9 Å². The zero-order valence-electron chi connectivity index (χ0n) is 16.0. The van der Waals surface area contributed by atoms with Crippen molar-refractivity contribution in [3.8, 4) is 22.4 Å². The van der Waals surface area contributed by atoms with Crippen LogP contribution in [0.25, 0.3) is 22.4 Å². The summed E-state index contributed by atoms with van der Waals surface area (Å²) < 4.78 is 18.6. The molecule has 0 aliphatic rings. The van der Waals surface area contributed by atoms with E-state index in [1.54, 1.807) is 24.5 Å². The molecule has 2 aromatic heterocycles. The molecule has 2 aromatic carbocycles. The van der Waals surface area contributed by atoms with Crippen molar-refractivity contribution in [2.24, 2.45) is 0 Å². The van der Waals surface area contributed by atoms with Crippen LogP contribution in [0, 0.1) is 5.82 Å². The molecule has 1 amide bonds. The fourth-order valence-electron chi connectivity index (χ4n) is 3.09. The summed E-state index contributed by atoms with van der Waals surface area (Å²) >= 11 is 0. The SMILES string of the molecule is O=C(NCc1[nH]nc(-c2ccc(F)cc2)c1-c1ccncc1)OCc1ccccc1. The lowest BCUT2D eigenvalue weighted by Gasteiger charge is -2.09. The normalized spacial score (nSPS) is 10.6. The number of ether oxygens (including phenoxy) is 1. The molecule has 2 heterocycles. The topological polar surface area (TPSA) is 79.9 Å². The number of hydrogen-bond acceptors (Lipinski definition) is 4. The molecule has 0 aliphatic heterocycles. The molecule has 4 rings (SSSR count). The number of H-pyrrole nitrogens is 1. The second-order valence-electron chi connectivity index (χ2n) is 6.58. The maximum absolute atomic E-state index is 13.3. The van der Waals surface area contributed by atoms with Gasteiger partial charge in [0.15, 0.2) is 0 Å². The second kappa shape index (κ2) is 9.00. The number of amides is 1. The summed E-state index contributed by atoms with van der Waals surface area (Å²) in [5.41, 5.74) is 4.73. The monoisotopic (exact) mass is 402 g/mol. The highest BCUT2D eigenvalue weighted by Gasteiger charge is 2.17. The van der Waals surface area contributed by atoms with Crippen molar-refractivity contribution in [2.45, 2.75) is 13.2 Å². The van der Waals surface area contributed by atoms with Crippen molar-refractivity contribution in [1.82, 2.24) is 20.5 Å². The van der Waals surface area contributed by atoms with Crippen LogP contribution >= 0.6 is 0 Å². The van der Waals surface area contributed by atoms with Crippen LogP contribution in [0.4, 0.5) is 9.18 Å². The van der Waals surface area contributed by atoms with Gasteiger partial charge in [0.25, 0.3) is 0 Å². The number of alkyl carbamates (subject to hydrolysis) is 1. The van der Waals surface area contributed by atoms with Crippen LogP contribution in [0.15, 0.2) is 79.1 Å². The lowest BCUT2D eigenvalue weighted by atomic mass is 9.99. The van der Waals surface area contributed by atoms with Crippen LogP contribution in [0.2, 0.25) is 0 Å². The fourth-order valence-corrected chi connectivity index (χ4v) is 3.09. The van der Waals surface area contributed by atoms with Gasteiger partial charge in [-0.1, -0.05) is 30.3 Å². The van der Waals surface area contributed by atoms with Gasteiger partial charge in [-0.15, -0.1) is 0 Å². The van der Waals surface area contributed by atoms with Gasteiger partial charge in [0, 0.05) is 23.5 Å². The second-order valence-corrected chi connectivity index (χ2v) is 6.58. The number of hydrogen-bond donors (Lipinski definition) is 2.